The van der Waals surface area contributed by atoms with E-state index in [9.17, 15) is 0 Å². The van der Waals surface area contributed by atoms with Crippen LogP contribution >= 0.6 is 11.5 Å². The molecule has 1 atom stereocenters. The first kappa shape index (κ1) is 10.0. The predicted octanol–water partition coefficient (Wildman–Crippen LogP) is 1.15. The molecule has 78 valence electrons. The molecule has 0 amide bonds. The van der Waals surface area contributed by atoms with Crippen molar-refractivity contribution in [3.63, 3.8) is 0 Å². The molecule has 0 radical (unpaired) electrons. The maximum atomic E-state index is 5.36. The second-order valence-corrected chi connectivity index (χ2v) is 4.26. The van der Waals surface area contributed by atoms with Gasteiger partial charge in [-0.05, 0) is 24.5 Å². The first-order valence-corrected chi connectivity index (χ1v) is 5.78. The maximum Gasteiger partial charge on any atom is 0.0855 e. The molecule has 2 heterocycles. The van der Waals surface area contributed by atoms with Gasteiger partial charge in [-0.1, -0.05) is 11.4 Å². The highest BCUT2D eigenvalue weighted by atomic mass is 32.1. The molecule has 1 aromatic rings. The van der Waals surface area contributed by atoms with E-state index in [4.69, 9.17) is 4.74 Å². The Hall–Kier alpha value is -0.520. The van der Waals surface area contributed by atoms with E-state index < -0.39 is 0 Å². The van der Waals surface area contributed by atoms with Crippen molar-refractivity contribution in [2.24, 2.45) is 0 Å². The molecule has 0 aromatic carbocycles. The monoisotopic (exact) mass is 213 g/mol. The standard InChI is InChI=1S/C9H15N3OS/c1-2-10-5-8-9(11-12-14-8)7-3-4-13-6-7/h7,10H,2-6H2,1H3. The summed E-state index contributed by atoms with van der Waals surface area (Å²) >= 11 is 1.50. The molecular formula is C9H15N3OS. The molecule has 1 fully saturated rings. The third-order valence-corrected chi connectivity index (χ3v) is 3.17. The number of nitrogens with one attached hydrogen (secondary N) is 1. The molecule has 1 unspecified atom stereocenters. The molecule has 5 heteroatoms. The fourth-order valence-corrected chi connectivity index (χ4v) is 2.33. The van der Waals surface area contributed by atoms with E-state index in [1.54, 1.807) is 0 Å². The summed E-state index contributed by atoms with van der Waals surface area (Å²) in [5.74, 6) is 0.474. The second-order valence-electron chi connectivity index (χ2n) is 3.42. The van der Waals surface area contributed by atoms with Crippen LogP contribution in [0, 0.1) is 0 Å². The van der Waals surface area contributed by atoms with Crippen molar-refractivity contribution in [3.05, 3.63) is 10.6 Å². The summed E-state index contributed by atoms with van der Waals surface area (Å²) in [6.45, 7) is 5.65. The summed E-state index contributed by atoms with van der Waals surface area (Å²) in [5, 5.41) is 7.50. The topological polar surface area (TPSA) is 47.0 Å². The van der Waals surface area contributed by atoms with E-state index in [0.29, 0.717) is 5.92 Å². The number of hydrogen-bond donors (Lipinski definition) is 1. The van der Waals surface area contributed by atoms with Crippen LogP contribution in [0.1, 0.15) is 29.8 Å². The molecule has 1 aliphatic heterocycles. The third-order valence-electron chi connectivity index (χ3n) is 2.44. The zero-order chi connectivity index (χ0) is 9.80. The predicted molar refractivity (Wildman–Crippen MR) is 55.5 cm³/mol. The molecule has 0 aliphatic carbocycles. The van der Waals surface area contributed by atoms with Crippen LogP contribution in [-0.2, 0) is 11.3 Å². The van der Waals surface area contributed by atoms with Gasteiger partial charge in [-0.2, -0.15) is 0 Å². The van der Waals surface area contributed by atoms with Crippen LogP contribution in [0.3, 0.4) is 0 Å². The number of nitrogens with zero attached hydrogens (tertiary/aromatic N) is 2. The van der Waals surface area contributed by atoms with Crippen molar-refractivity contribution < 1.29 is 4.74 Å². The Balaban J connectivity index is 2.04. The third kappa shape index (κ3) is 2.10. The smallest absolute Gasteiger partial charge is 0.0855 e. The molecule has 1 aromatic heterocycles. The van der Waals surface area contributed by atoms with E-state index in [0.717, 1.165) is 38.4 Å². The number of aromatic nitrogens is 2. The van der Waals surface area contributed by atoms with Crippen LogP contribution in [0.15, 0.2) is 0 Å². The van der Waals surface area contributed by atoms with Crippen molar-refractivity contribution in [2.75, 3.05) is 19.8 Å². The number of hydrogen-bond acceptors (Lipinski definition) is 5. The fraction of sp³-hybridized carbons (Fsp3) is 0.778. The fourth-order valence-electron chi connectivity index (χ4n) is 1.64. The van der Waals surface area contributed by atoms with Crippen molar-refractivity contribution in [3.8, 4) is 0 Å². The molecule has 4 nitrogen and oxygen atoms in total. The van der Waals surface area contributed by atoms with Gasteiger partial charge < -0.3 is 10.1 Å². The van der Waals surface area contributed by atoms with Gasteiger partial charge in [-0.25, -0.2) is 0 Å². The van der Waals surface area contributed by atoms with Gasteiger partial charge >= 0.3 is 0 Å². The second kappa shape index (κ2) is 4.82. The molecule has 1 saturated heterocycles. The minimum absolute atomic E-state index is 0.474. The molecule has 0 bridgehead atoms. The summed E-state index contributed by atoms with van der Waals surface area (Å²) < 4.78 is 9.37. The number of ether oxygens (including phenoxy) is 1. The van der Waals surface area contributed by atoms with E-state index in [-0.39, 0.29) is 0 Å². The van der Waals surface area contributed by atoms with Crippen LogP contribution in [0.25, 0.3) is 0 Å². The largest absolute Gasteiger partial charge is 0.381 e. The van der Waals surface area contributed by atoms with Crippen LogP contribution in [0.5, 0.6) is 0 Å². The molecule has 0 spiro atoms. The normalized spacial score (nSPS) is 21.6. The highest BCUT2D eigenvalue weighted by Gasteiger charge is 2.23. The Kier molecular flexibility index (Phi) is 3.44. The van der Waals surface area contributed by atoms with E-state index in [2.05, 4.69) is 21.8 Å². The summed E-state index contributed by atoms with van der Waals surface area (Å²) in [7, 11) is 0. The van der Waals surface area contributed by atoms with Crippen LogP contribution < -0.4 is 5.32 Å². The quantitative estimate of drug-likeness (QED) is 0.815. The van der Waals surface area contributed by atoms with Gasteiger partial charge in [0.05, 0.1) is 17.2 Å². The zero-order valence-corrected chi connectivity index (χ0v) is 9.14. The van der Waals surface area contributed by atoms with E-state index in [1.165, 1.54) is 16.4 Å². The van der Waals surface area contributed by atoms with Gasteiger partial charge in [0.2, 0.25) is 0 Å². The first-order chi connectivity index (χ1) is 6.92. The van der Waals surface area contributed by atoms with Gasteiger partial charge in [0.1, 0.15) is 0 Å². The van der Waals surface area contributed by atoms with Gasteiger partial charge in [0.25, 0.3) is 0 Å². The first-order valence-electron chi connectivity index (χ1n) is 5.01. The Morgan fingerprint density at radius 2 is 2.57 bits per heavy atom. The minimum Gasteiger partial charge on any atom is -0.381 e. The lowest BCUT2D eigenvalue weighted by Gasteiger charge is -2.05. The SMILES string of the molecule is CCNCc1snnc1C1CCOC1. The Bertz CT molecular complexity index is 283. The average molecular weight is 213 g/mol. The Morgan fingerprint density at radius 3 is 3.29 bits per heavy atom. The van der Waals surface area contributed by atoms with E-state index >= 15 is 0 Å². The lowest BCUT2D eigenvalue weighted by molar-refractivity contribution is 0.193. The minimum atomic E-state index is 0.474. The van der Waals surface area contributed by atoms with Crippen molar-refractivity contribution in [1.82, 2.24) is 14.9 Å². The molecule has 14 heavy (non-hydrogen) atoms. The molecular weight excluding hydrogens is 198 g/mol. The van der Waals surface area contributed by atoms with Gasteiger partial charge in [0.15, 0.2) is 0 Å². The highest BCUT2D eigenvalue weighted by molar-refractivity contribution is 7.05. The molecule has 1 N–H and O–H groups in total. The van der Waals surface area contributed by atoms with Crippen LogP contribution in [-0.4, -0.2) is 29.3 Å². The van der Waals surface area contributed by atoms with Crippen molar-refractivity contribution in [2.45, 2.75) is 25.8 Å². The lowest BCUT2D eigenvalue weighted by atomic mass is 10.0. The van der Waals surface area contributed by atoms with Crippen LogP contribution in [0.4, 0.5) is 0 Å². The summed E-state index contributed by atoms with van der Waals surface area (Å²) in [4.78, 5) is 1.27. The maximum absolute atomic E-state index is 5.36. The Morgan fingerprint density at radius 1 is 1.64 bits per heavy atom. The highest BCUT2D eigenvalue weighted by Crippen LogP contribution is 2.27. The average Bonchev–Trinajstić information content (AvgIpc) is 2.84. The van der Waals surface area contributed by atoms with Gasteiger partial charge in [-0.3, -0.25) is 0 Å². The van der Waals surface area contributed by atoms with Crippen LogP contribution in [0.2, 0.25) is 0 Å². The lowest BCUT2D eigenvalue weighted by Crippen LogP contribution is -2.13. The van der Waals surface area contributed by atoms with Gasteiger partial charge in [0, 0.05) is 19.1 Å². The zero-order valence-electron chi connectivity index (χ0n) is 8.32. The van der Waals surface area contributed by atoms with Crippen molar-refractivity contribution >= 4 is 11.5 Å². The number of rotatable bonds is 4. The Labute approximate surface area is 87.8 Å². The van der Waals surface area contributed by atoms with E-state index in [1.807, 2.05) is 0 Å². The molecule has 0 saturated carbocycles. The van der Waals surface area contributed by atoms with Crippen molar-refractivity contribution in [1.29, 1.82) is 0 Å². The van der Waals surface area contributed by atoms with Gasteiger partial charge in [-0.15, -0.1) is 5.10 Å². The summed E-state index contributed by atoms with van der Waals surface area (Å²) in [5.41, 5.74) is 1.15. The molecule has 2 rings (SSSR count). The summed E-state index contributed by atoms with van der Waals surface area (Å²) in [6.07, 6.45) is 1.09. The summed E-state index contributed by atoms with van der Waals surface area (Å²) in [6, 6.07) is 0. The molecule has 1 aliphatic rings.